The average molecular weight is 217 g/mol. The van der Waals surface area contributed by atoms with E-state index in [-0.39, 0.29) is 17.9 Å². The summed E-state index contributed by atoms with van der Waals surface area (Å²) in [4.78, 5) is 24.2. The lowest BCUT2D eigenvalue weighted by Gasteiger charge is -2.24. The molecule has 0 unspecified atom stereocenters. The zero-order valence-electron chi connectivity index (χ0n) is 9.30. The van der Waals surface area contributed by atoms with Gasteiger partial charge in [-0.1, -0.05) is 30.3 Å². The maximum Gasteiger partial charge on any atom is 0.223 e. The number of benzene rings is 1. The molecular formula is C13H15NO2. The molecular weight excluding hydrogens is 202 g/mol. The van der Waals surface area contributed by atoms with Crippen LogP contribution >= 0.6 is 0 Å². The van der Waals surface area contributed by atoms with Crippen molar-refractivity contribution in [2.75, 3.05) is 6.54 Å². The van der Waals surface area contributed by atoms with E-state index >= 15 is 0 Å². The summed E-state index contributed by atoms with van der Waals surface area (Å²) in [7, 11) is 0. The standard InChI is InChI=1S/C13H15NO2/c1-10(12-5-3-2-4-6-12)14-8-11(9-15)7-13(14)16/h2-6,9-11H,7-8H2,1H3/t10-,11+/m1/s1. The predicted octanol–water partition coefficient (Wildman–Crippen LogP) is 1.79. The van der Waals surface area contributed by atoms with Crippen molar-refractivity contribution in [2.45, 2.75) is 19.4 Å². The van der Waals surface area contributed by atoms with Crippen LogP contribution in [0.4, 0.5) is 0 Å². The Morgan fingerprint density at radius 3 is 2.62 bits per heavy atom. The van der Waals surface area contributed by atoms with Gasteiger partial charge in [-0.15, -0.1) is 0 Å². The minimum atomic E-state index is -0.126. The topological polar surface area (TPSA) is 37.4 Å². The van der Waals surface area contributed by atoms with Crippen molar-refractivity contribution in [3.05, 3.63) is 35.9 Å². The summed E-state index contributed by atoms with van der Waals surface area (Å²) in [6.07, 6.45) is 1.25. The normalized spacial score (nSPS) is 22.2. The molecule has 16 heavy (non-hydrogen) atoms. The fraction of sp³-hybridized carbons (Fsp3) is 0.385. The summed E-state index contributed by atoms with van der Waals surface area (Å²) in [5, 5.41) is 0. The molecule has 1 aromatic rings. The zero-order chi connectivity index (χ0) is 11.5. The summed E-state index contributed by atoms with van der Waals surface area (Å²) >= 11 is 0. The molecule has 3 heteroatoms. The number of amides is 1. The minimum absolute atomic E-state index is 0.0543. The average Bonchev–Trinajstić information content (AvgIpc) is 2.71. The zero-order valence-corrected chi connectivity index (χ0v) is 9.30. The van der Waals surface area contributed by atoms with Crippen molar-refractivity contribution >= 4 is 12.2 Å². The number of aldehydes is 1. The summed E-state index contributed by atoms with van der Waals surface area (Å²) in [5.41, 5.74) is 1.11. The van der Waals surface area contributed by atoms with E-state index in [0.29, 0.717) is 13.0 Å². The van der Waals surface area contributed by atoms with Gasteiger partial charge in [0.25, 0.3) is 0 Å². The molecule has 2 atom stereocenters. The molecule has 1 aliphatic rings. The number of hydrogen-bond donors (Lipinski definition) is 0. The third kappa shape index (κ3) is 1.98. The van der Waals surface area contributed by atoms with Crippen LogP contribution in [0, 0.1) is 5.92 Å². The molecule has 1 aliphatic heterocycles. The van der Waals surface area contributed by atoms with Crippen LogP contribution in [0.5, 0.6) is 0 Å². The van der Waals surface area contributed by atoms with Crippen LogP contribution in [0.15, 0.2) is 30.3 Å². The molecule has 0 radical (unpaired) electrons. The first-order chi connectivity index (χ1) is 7.72. The first kappa shape index (κ1) is 10.9. The van der Waals surface area contributed by atoms with Gasteiger partial charge >= 0.3 is 0 Å². The Morgan fingerprint density at radius 2 is 2.06 bits per heavy atom. The molecule has 2 rings (SSSR count). The summed E-state index contributed by atoms with van der Waals surface area (Å²) in [5.74, 6) is -0.0490. The molecule has 84 valence electrons. The number of likely N-dealkylation sites (tertiary alicyclic amines) is 1. The molecule has 0 spiro atoms. The van der Waals surface area contributed by atoms with Gasteiger partial charge in [-0.25, -0.2) is 0 Å². The quantitative estimate of drug-likeness (QED) is 0.724. The molecule has 0 aromatic heterocycles. The van der Waals surface area contributed by atoms with Crippen LogP contribution < -0.4 is 0 Å². The summed E-state index contributed by atoms with van der Waals surface area (Å²) < 4.78 is 0. The molecule has 1 fully saturated rings. The number of rotatable bonds is 3. The van der Waals surface area contributed by atoms with Gasteiger partial charge in [0.2, 0.25) is 5.91 Å². The van der Waals surface area contributed by atoms with Crippen molar-refractivity contribution in [1.29, 1.82) is 0 Å². The van der Waals surface area contributed by atoms with Gasteiger partial charge in [0, 0.05) is 18.9 Å². The van der Waals surface area contributed by atoms with Gasteiger partial charge in [0.15, 0.2) is 0 Å². The molecule has 1 amide bonds. The largest absolute Gasteiger partial charge is 0.335 e. The van der Waals surface area contributed by atoms with Crippen molar-refractivity contribution in [1.82, 2.24) is 4.90 Å². The number of hydrogen-bond acceptors (Lipinski definition) is 2. The second-order valence-corrected chi connectivity index (χ2v) is 4.23. The van der Waals surface area contributed by atoms with Crippen molar-refractivity contribution < 1.29 is 9.59 Å². The Kier molecular flexibility index (Phi) is 3.04. The van der Waals surface area contributed by atoms with E-state index in [1.54, 1.807) is 4.90 Å². The van der Waals surface area contributed by atoms with Crippen LogP contribution in [0.3, 0.4) is 0 Å². The highest BCUT2D eigenvalue weighted by Crippen LogP contribution is 2.27. The highest BCUT2D eigenvalue weighted by Gasteiger charge is 2.32. The van der Waals surface area contributed by atoms with Crippen LogP contribution in [0.1, 0.15) is 24.9 Å². The van der Waals surface area contributed by atoms with Gasteiger partial charge < -0.3 is 9.69 Å². The molecule has 0 saturated carbocycles. The molecule has 0 aliphatic carbocycles. The lowest BCUT2D eigenvalue weighted by molar-refractivity contribution is -0.129. The molecule has 1 saturated heterocycles. The van der Waals surface area contributed by atoms with Gasteiger partial charge in [0.05, 0.1) is 6.04 Å². The Morgan fingerprint density at radius 1 is 1.38 bits per heavy atom. The first-order valence-electron chi connectivity index (χ1n) is 5.52. The summed E-state index contributed by atoms with van der Waals surface area (Å²) in [6.45, 7) is 2.55. The number of carbonyl (C=O) groups is 2. The Bertz CT molecular complexity index is 388. The van der Waals surface area contributed by atoms with Crippen molar-refractivity contribution in [3.8, 4) is 0 Å². The molecule has 1 aromatic carbocycles. The highest BCUT2D eigenvalue weighted by atomic mass is 16.2. The van der Waals surface area contributed by atoms with E-state index in [0.717, 1.165) is 11.8 Å². The smallest absolute Gasteiger partial charge is 0.223 e. The Hall–Kier alpha value is -1.64. The predicted molar refractivity (Wildman–Crippen MR) is 60.7 cm³/mol. The molecule has 3 nitrogen and oxygen atoms in total. The minimum Gasteiger partial charge on any atom is -0.335 e. The van der Waals surface area contributed by atoms with E-state index in [9.17, 15) is 9.59 Å². The Labute approximate surface area is 95.1 Å². The fourth-order valence-corrected chi connectivity index (χ4v) is 2.14. The molecule has 1 heterocycles. The molecule has 0 bridgehead atoms. The third-order valence-electron chi connectivity index (χ3n) is 3.13. The van der Waals surface area contributed by atoms with Crippen LogP contribution in [-0.2, 0) is 9.59 Å². The SMILES string of the molecule is C[C@H](c1ccccc1)N1C[C@@H](C=O)CC1=O. The van der Waals surface area contributed by atoms with Gasteiger partial charge in [0.1, 0.15) is 6.29 Å². The second kappa shape index (κ2) is 4.47. The maximum atomic E-state index is 11.7. The number of carbonyl (C=O) groups excluding carboxylic acids is 2. The lowest BCUT2D eigenvalue weighted by Crippen LogP contribution is -2.28. The second-order valence-electron chi connectivity index (χ2n) is 4.23. The van der Waals surface area contributed by atoms with Crippen LogP contribution in [-0.4, -0.2) is 23.6 Å². The maximum absolute atomic E-state index is 11.7. The highest BCUT2D eigenvalue weighted by molar-refractivity contribution is 5.83. The number of nitrogens with zero attached hydrogens (tertiary/aromatic N) is 1. The summed E-state index contributed by atoms with van der Waals surface area (Å²) in [6, 6.07) is 9.94. The van der Waals surface area contributed by atoms with Crippen LogP contribution in [0.25, 0.3) is 0 Å². The van der Waals surface area contributed by atoms with Crippen LogP contribution in [0.2, 0.25) is 0 Å². The van der Waals surface area contributed by atoms with E-state index in [4.69, 9.17) is 0 Å². The van der Waals surface area contributed by atoms with Gasteiger partial charge in [-0.3, -0.25) is 4.79 Å². The third-order valence-corrected chi connectivity index (χ3v) is 3.13. The van der Waals surface area contributed by atoms with E-state index in [2.05, 4.69) is 0 Å². The van der Waals surface area contributed by atoms with Gasteiger partial charge in [-0.05, 0) is 12.5 Å². The van der Waals surface area contributed by atoms with E-state index in [1.807, 2.05) is 37.3 Å². The molecule has 0 N–H and O–H groups in total. The monoisotopic (exact) mass is 217 g/mol. The van der Waals surface area contributed by atoms with Gasteiger partial charge in [-0.2, -0.15) is 0 Å². The fourth-order valence-electron chi connectivity index (χ4n) is 2.14. The van der Waals surface area contributed by atoms with Crippen molar-refractivity contribution in [3.63, 3.8) is 0 Å². The van der Waals surface area contributed by atoms with E-state index < -0.39 is 0 Å². The first-order valence-corrected chi connectivity index (χ1v) is 5.52. The Balaban J connectivity index is 2.14. The lowest BCUT2D eigenvalue weighted by atomic mass is 10.1. The van der Waals surface area contributed by atoms with E-state index in [1.165, 1.54) is 0 Å². The van der Waals surface area contributed by atoms with Crippen molar-refractivity contribution in [2.24, 2.45) is 5.92 Å².